The highest BCUT2D eigenvalue weighted by atomic mass is 32.2. The Hall–Kier alpha value is -2.15. The number of nitrogens with one attached hydrogen (secondary N) is 1. The maximum atomic E-state index is 11.4. The van der Waals surface area contributed by atoms with Gasteiger partial charge in [0.15, 0.2) is 0 Å². The lowest BCUT2D eigenvalue weighted by molar-refractivity contribution is 0.205. The third kappa shape index (κ3) is 3.53. The number of aromatic amines is 1. The molecule has 1 fully saturated rings. The quantitative estimate of drug-likeness (QED) is 0.741. The Labute approximate surface area is 153 Å². The first kappa shape index (κ1) is 17.3. The molecule has 3 N–H and O–H groups in total. The van der Waals surface area contributed by atoms with E-state index < -0.39 is 10.0 Å². The van der Waals surface area contributed by atoms with Crippen molar-refractivity contribution in [1.82, 2.24) is 9.88 Å². The number of nitrogens with two attached hydrogens (primary N) is 1. The Morgan fingerprint density at radius 2 is 1.73 bits per heavy atom. The van der Waals surface area contributed by atoms with Gasteiger partial charge < -0.3 is 4.98 Å². The van der Waals surface area contributed by atoms with E-state index in [4.69, 9.17) is 5.14 Å². The summed E-state index contributed by atoms with van der Waals surface area (Å²) >= 11 is 0. The van der Waals surface area contributed by atoms with Crippen LogP contribution in [-0.4, -0.2) is 31.4 Å². The first-order valence-electron chi connectivity index (χ1n) is 8.91. The molecule has 2 heterocycles. The zero-order valence-electron chi connectivity index (χ0n) is 14.6. The van der Waals surface area contributed by atoms with Crippen LogP contribution in [0.5, 0.6) is 0 Å². The molecule has 1 aliphatic rings. The summed E-state index contributed by atoms with van der Waals surface area (Å²) in [7, 11) is -3.62. The van der Waals surface area contributed by atoms with E-state index in [2.05, 4.69) is 40.3 Å². The van der Waals surface area contributed by atoms with Gasteiger partial charge in [0, 0.05) is 23.6 Å². The highest BCUT2D eigenvalue weighted by molar-refractivity contribution is 7.89. The second kappa shape index (κ2) is 6.87. The van der Waals surface area contributed by atoms with Crippen molar-refractivity contribution in [2.75, 3.05) is 13.1 Å². The number of hydrogen-bond acceptors (Lipinski definition) is 3. The second-order valence-electron chi connectivity index (χ2n) is 7.02. The van der Waals surface area contributed by atoms with E-state index >= 15 is 0 Å². The maximum absolute atomic E-state index is 11.4. The number of fused-ring (bicyclic) bond motifs is 1. The molecule has 1 aromatic heterocycles. The van der Waals surface area contributed by atoms with Gasteiger partial charge in [0.05, 0.1) is 4.90 Å². The minimum atomic E-state index is -3.62. The third-order valence-electron chi connectivity index (χ3n) is 5.34. The van der Waals surface area contributed by atoms with Crippen LogP contribution in [0.2, 0.25) is 0 Å². The number of rotatable bonds is 4. The van der Waals surface area contributed by atoms with Crippen LogP contribution < -0.4 is 5.14 Å². The molecule has 0 radical (unpaired) electrons. The van der Waals surface area contributed by atoms with Crippen molar-refractivity contribution in [3.8, 4) is 0 Å². The van der Waals surface area contributed by atoms with E-state index in [9.17, 15) is 8.42 Å². The van der Waals surface area contributed by atoms with E-state index in [1.807, 2.05) is 12.1 Å². The summed E-state index contributed by atoms with van der Waals surface area (Å²) < 4.78 is 22.8. The molecule has 1 aliphatic heterocycles. The average molecular weight is 369 g/mol. The zero-order valence-corrected chi connectivity index (χ0v) is 15.4. The molecule has 0 atom stereocenters. The molecule has 26 heavy (non-hydrogen) atoms. The smallest absolute Gasteiger partial charge is 0.238 e. The van der Waals surface area contributed by atoms with Crippen molar-refractivity contribution in [1.29, 1.82) is 0 Å². The fourth-order valence-corrected chi connectivity index (χ4v) is 4.37. The van der Waals surface area contributed by atoms with Gasteiger partial charge in [0.2, 0.25) is 10.0 Å². The molecule has 2 aromatic carbocycles. The molecule has 0 spiro atoms. The first-order chi connectivity index (χ1) is 12.5. The molecule has 3 aromatic rings. The van der Waals surface area contributed by atoms with Crippen molar-refractivity contribution < 1.29 is 8.42 Å². The van der Waals surface area contributed by atoms with Crippen LogP contribution in [0, 0.1) is 0 Å². The molecule has 0 saturated carbocycles. The first-order valence-corrected chi connectivity index (χ1v) is 10.5. The topological polar surface area (TPSA) is 79.2 Å². The number of primary sulfonamides is 1. The standard InChI is InChI=1S/C20H23N3O2S/c21-26(24,25)18-7-5-15(6-8-18)16-9-11-23(12-10-16)14-17-13-22-20-4-2-1-3-19(17)20/h1-8,13,16,22H,9-12,14H2,(H2,21,24,25). The van der Waals surface area contributed by atoms with Gasteiger partial charge in [-0.25, -0.2) is 13.6 Å². The second-order valence-corrected chi connectivity index (χ2v) is 8.59. The van der Waals surface area contributed by atoms with E-state index in [0.717, 1.165) is 32.5 Å². The normalized spacial score (nSPS) is 17.0. The Morgan fingerprint density at radius 1 is 1.04 bits per heavy atom. The van der Waals surface area contributed by atoms with Gasteiger partial charge in [-0.05, 0) is 61.2 Å². The Morgan fingerprint density at radius 3 is 2.42 bits per heavy atom. The molecule has 6 heteroatoms. The third-order valence-corrected chi connectivity index (χ3v) is 6.27. The molecule has 0 bridgehead atoms. The predicted octanol–water partition coefficient (Wildman–Crippen LogP) is 3.19. The lowest BCUT2D eigenvalue weighted by atomic mass is 9.89. The molecule has 4 rings (SSSR count). The summed E-state index contributed by atoms with van der Waals surface area (Å²) in [6.45, 7) is 3.04. The molecule has 5 nitrogen and oxygen atoms in total. The molecular weight excluding hydrogens is 346 g/mol. The van der Waals surface area contributed by atoms with Crippen LogP contribution in [0.1, 0.15) is 29.9 Å². The van der Waals surface area contributed by atoms with Gasteiger partial charge in [0.1, 0.15) is 0 Å². The molecule has 1 saturated heterocycles. The number of benzene rings is 2. The molecule has 0 aliphatic carbocycles. The SMILES string of the molecule is NS(=O)(=O)c1ccc(C2CCN(Cc3c[nH]c4ccccc34)CC2)cc1. The van der Waals surface area contributed by atoms with Crippen LogP contribution in [0.3, 0.4) is 0 Å². The van der Waals surface area contributed by atoms with Crippen molar-refractivity contribution in [2.24, 2.45) is 5.14 Å². The maximum Gasteiger partial charge on any atom is 0.238 e. The fourth-order valence-electron chi connectivity index (χ4n) is 3.86. The summed E-state index contributed by atoms with van der Waals surface area (Å²) in [6, 6.07) is 15.4. The average Bonchev–Trinajstić information content (AvgIpc) is 3.05. The highest BCUT2D eigenvalue weighted by Crippen LogP contribution is 2.30. The van der Waals surface area contributed by atoms with E-state index in [1.54, 1.807) is 12.1 Å². The van der Waals surface area contributed by atoms with Crippen LogP contribution in [0.25, 0.3) is 10.9 Å². The number of piperidine rings is 1. The lowest BCUT2D eigenvalue weighted by Gasteiger charge is -2.32. The fraction of sp³-hybridized carbons (Fsp3) is 0.300. The number of sulfonamides is 1. The summed E-state index contributed by atoms with van der Waals surface area (Å²) in [5.74, 6) is 0.476. The van der Waals surface area contributed by atoms with Gasteiger partial charge in [0.25, 0.3) is 0 Å². The lowest BCUT2D eigenvalue weighted by Crippen LogP contribution is -2.32. The summed E-state index contributed by atoms with van der Waals surface area (Å²) in [5, 5.41) is 6.47. The highest BCUT2D eigenvalue weighted by Gasteiger charge is 2.21. The van der Waals surface area contributed by atoms with Crippen molar-refractivity contribution in [2.45, 2.75) is 30.2 Å². The van der Waals surface area contributed by atoms with Gasteiger partial charge >= 0.3 is 0 Å². The number of H-pyrrole nitrogens is 1. The van der Waals surface area contributed by atoms with Gasteiger partial charge in [-0.1, -0.05) is 30.3 Å². The monoisotopic (exact) mass is 369 g/mol. The largest absolute Gasteiger partial charge is 0.361 e. The molecule has 0 amide bonds. The molecule has 0 unspecified atom stereocenters. The van der Waals surface area contributed by atoms with Crippen LogP contribution in [0.4, 0.5) is 0 Å². The molecular formula is C20H23N3O2S. The number of nitrogens with zero attached hydrogens (tertiary/aromatic N) is 1. The summed E-state index contributed by atoms with van der Waals surface area (Å²) in [6.07, 6.45) is 4.27. The molecule has 136 valence electrons. The van der Waals surface area contributed by atoms with Gasteiger partial charge in [-0.2, -0.15) is 0 Å². The summed E-state index contributed by atoms with van der Waals surface area (Å²) in [4.78, 5) is 6.01. The Bertz CT molecular complexity index is 1000. The predicted molar refractivity (Wildman–Crippen MR) is 103 cm³/mol. The minimum absolute atomic E-state index is 0.179. The number of para-hydroxylation sites is 1. The van der Waals surface area contributed by atoms with Crippen LogP contribution in [-0.2, 0) is 16.6 Å². The van der Waals surface area contributed by atoms with Crippen LogP contribution >= 0.6 is 0 Å². The van der Waals surface area contributed by atoms with E-state index in [0.29, 0.717) is 5.92 Å². The Kier molecular flexibility index (Phi) is 4.56. The number of hydrogen-bond donors (Lipinski definition) is 2. The Balaban J connectivity index is 1.39. The zero-order chi connectivity index (χ0) is 18.1. The van der Waals surface area contributed by atoms with Crippen molar-refractivity contribution in [3.05, 3.63) is 65.9 Å². The van der Waals surface area contributed by atoms with Crippen molar-refractivity contribution >= 4 is 20.9 Å². The number of aromatic nitrogens is 1. The summed E-state index contributed by atoms with van der Waals surface area (Å²) in [5.41, 5.74) is 3.73. The van der Waals surface area contributed by atoms with E-state index in [-0.39, 0.29) is 4.90 Å². The van der Waals surface area contributed by atoms with Crippen molar-refractivity contribution in [3.63, 3.8) is 0 Å². The number of likely N-dealkylation sites (tertiary alicyclic amines) is 1. The van der Waals surface area contributed by atoms with Gasteiger partial charge in [-0.3, -0.25) is 4.90 Å². The van der Waals surface area contributed by atoms with E-state index in [1.165, 1.54) is 22.0 Å². The minimum Gasteiger partial charge on any atom is -0.361 e. The van der Waals surface area contributed by atoms with Gasteiger partial charge in [-0.15, -0.1) is 0 Å². The van der Waals surface area contributed by atoms with Crippen LogP contribution in [0.15, 0.2) is 59.6 Å².